The van der Waals surface area contributed by atoms with Gasteiger partial charge < -0.3 is 14.6 Å². The second-order valence-corrected chi connectivity index (χ2v) is 5.18. The molecule has 0 saturated carbocycles. The minimum Gasteiger partial charge on any atom is -0.493 e. The number of halogens is 2. The molecule has 1 fully saturated rings. The molecule has 7 heteroatoms. The SMILES string of the molecule is COc1ccc(CN2CCCCC2C(=O)O)cc1OC(F)F. The first kappa shape index (κ1) is 16.5. The lowest BCUT2D eigenvalue weighted by Gasteiger charge is -2.32. The molecular formula is C15H19F2NO4. The minimum atomic E-state index is -2.94. The van der Waals surface area contributed by atoms with E-state index in [4.69, 9.17) is 4.74 Å². The van der Waals surface area contributed by atoms with Crippen molar-refractivity contribution in [2.45, 2.75) is 38.5 Å². The summed E-state index contributed by atoms with van der Waals surface area (Å²) in [6.07, 6.45) is 2.42. The number of methoxy groups -OCH3 is 1. The smallest absolute Gasteiger partial charge is 0.387 e. The number of hydrogen-bond donors (Lipinski definition) is 1. The maximum absolute atomic E-state index is 12.4. The molecule has 0 amide bonds. The Morgan fingerprint density at radius 1 is 1.41 bits per heavy atom. The molecule has 1 aliphatic heterocycles. The highest BCUT2D eigenvalue weighted by atomic mass is 19.3. The molecule has 0 bridgehead atoms. The summed E-state index contributed by atoms with van der Waals surface area (Å²) in [5.41, 5.74) is 0.713. The zero-order chi connectivity index (χ0) is 16.1. The summed E-state index contributed by atoms with van der Waals surface area (Å²) in [7, 11) is 1.37. The molecule has 22 heavy (non-hydrogen) atoms. The van der Waals surface area contributed by atoms with E-state index in [0.29, 0.717) is 25.1 Å². The highest BCUT2D eigenvalue weighted by Crippen LogP contribution is 2.30. The lowest BCUT2D eigenvalue weighted by molar-refractivity contribution is -0.144. The van der Waals surface area contributed by atoms with Gasteiger partial charge in [0.25, 0.3) is 0 Å². The van der Waals surface area contributed by atoms with Crippen LogP contribution in [0.1, 0.15) is 24.8 Å². The van der Waals surface area contributed by atoms with Crippen LogP contribution in [0.2, 0.25) is 0 Å². The van der Waals surface area contributed by atoms with Crippen LogP contribution in [-0.2, 0) is 11.3 Å². The third-order valence-electron chi connectivity index (χ3n) is 3.73. The van der Waals surface area contributed by atoms with Crippen molar-refractivity contribution in [2.24, 2.45) is 0 Å². The minimum absolute atomic E-state index is 0.0427. The predicted octanol–water partition coefficient (Wildman–Crippen LogP) is 2.74. The number of carboxylic acid groups (broad SMARTS) is 1. The van der Waals surface area contributed by atoms with Gasteiger partial charge in [-0.1, -0.05) is 12.5 Å². The fourth-order valence-corrected chi connectivity index (χ4v) is 2.70. The van der Waals surface area contributed by atoms with Crippen molar-refractivity contribution in [3.05, 3.63) is 23.8 Å². The summed E-state index contributed by atoms with van der Waals surface area (Å²) in [5, 5.41) is 9.26. The fraction of sp³-hybridized carbons (Fsp3) is 0.533. The molecule has 1 heterocycles. The lowest BCUT2D eigenvalue weighted by atomic mass is 10.0. The van der Waals surface area contributed by atoms with Crippen LogP contribution in [0.5, 0.6) is 11.5 Å². The summed E-state index contributed by atoms with van der Waals surface area (Å²) in [4.78, 5) is 13.1. The van der Waals surface area contributed by atoms with E-state index < -0.39 is 18.6 Å². The number of likely N-dealkylation sites (tertiary alicyclic amines) is 1. The summed E-state index contributed by atoms with van der Waals surface area (Å²) >= 11 is 0. The monoisotopic (exact) mass is 315 g/mol. The average Bonchev–Trinajstić information content (AvgIpc) is 2.47. The van der Waals surface area contributed by atoms with Crippen LogP contribution in [0.25, 0.3) is 0 Å². The Kier molecular flexibility index (Phi) is 5.54. The van der Waals surface area contributed by atoms with Crippen LogP contribution < -0.4 is 9.47 Å². The largest absolute Gasteiger partial charge is 0.493 e. The lowest BCUT2D eigenvalue weighted by Crippen LogP contribution is -2.43. The van der Waals surface area contributed by atoms with Gasteiger partial charge in [0.2, 0.25) is 0 Å². The Morgan fingerprint density at radius 3 is 2.82 bits per heavy atom. The van der Waals surface area contributed by atoms with E-state index in [-0.39, 0.29) is 11.5 Å². The number of hydrogen-bond acceptors (Lipinski definition) is 4. The molecule has 122 valence electrons. The number of piperidine rings is 1. The van der Waals surface area contributed by atoms with E-state index in [1.165, 1.54) is 13.2 Å². The Labute approximate surface area is 127 Å². The van der Waals surface area contributed by atoms with Gasteiger partial charge in [0.15, 0.2) is 11.5 Å². The van der Waals surface area contributed by atoms with Crippen molar-refractivity contribution in [3.8, 4) is 11.5 Å². The predicted molar refractivity (Wildman–Crippen MR) is 75.3 cm³/mol. The van der Waals surface area contributed by atoms with Crippen molar-refractivity contribution >= 4 is 5.97 Å². The molecule has 0 spiro atoms. The Bertz CT molecular complexity index is 524. The van der Waals surface area contributed by atoms with Crippen LogP contribution >= 0.6 is 0 Å². The van der Waals surface area contributed by atoms with Gasteiger partial charge in [-0.05, 0) is 37.1 Å². The summed E-state index contributed by atoms with van der Waals surface area (Å²) < 4.78 is 34.3. The first-order valence-electron chi connectivity index (χ1n) is 7.10. The van der Waals surface area contributed by atoms with Crippen molar-refractivity contribution in [1.29, 1.82) is 0 Å². The fourth-order valence-electron chi connectivity index (χ4n) is 2.70. The van der Waals surface area contributed by atoms with Gasteiger partial charge in [0.1, 0.15) is 6.04 Å². The van der Waals surface area contributed by atoms with E-state index in [1.54, 1.807) is 12.1 Å². The maximum atomic E-state index is 12.4. The van der Waals surface area contributed by atoms with Gasteiger partial charge in [-0.3, -0.25) is 9.69 Å². The molecule has 5 nitrogen and oxygen atoms in total. The van der Waals surface area contributed by atoms with Crippen LogP contribution in [0.3, 0.4) is 0 Å². The number of nitrogens with zero attached hydrogens (tertiary/aromatic N) is 1. The van der Waals surface area contributed by atoms with Gasteiger partial charge in [-0.2, -0.15) is 8.78 Å². The average molecular weight is 315 g/mol. The van der Waals surface area contributed by atoms with Crippen LogP contribution in [-0.4, -0.2) is 42.3 Å². The zero-order valence-corrected chi connectivity index (χ0v) is 12.3. The van der Waals surface area contributed by atoms with Crippen molar-refractivity contribution in [1.82, 2.24) is 4.90 Å². The standard InChI is InChI=1S/C15H19F2NO4/c1-21-12-6-5-10(8-13(12)22-15(16)17)9-18-7-3-2-4-11(18)14(19)20/h5-6,8,11,15H,2-4,7,9H2,1H3,(H,19,20). The van der Waals surface area contributed by atoms with Crippen molar-refractivity contribution in [3.63, 3.8) is 0 Å². The van der Waals surface area contributed by atoms with Crippen molar-refractivity contribution < 1.29 is 28.2 Å². The van der Waals surface area contributed by atoms with E-state index in [0.717, 1.165) is 12.8 Å². The molecule has 0 aromatic heterocycles. The van der Waals surface area contributed by atoms with Gasteiger partial charge in [-0.25, -0.2) is 0 Å². The number of ether oxygens (including phenoxy) is 2. The summed E-state index contributed by atoms with van der Waals surface area (Å²) in [5.74, 6) is -0.673. The molecule has 1 unspecified atom stereocenters. The van der Waals surface area contributed by atoms with E-state index in [9.17, 15) is 18.7 Å². The van der Waals surface area contributed by atoms with Gasteiger partial charge >= 0.3 is 12.6 Å². The van der Waals surface area contributed by atoms with E-state index in [1.807, 2.05) is 4.90 Å². The van der Waals surface area contributed by atoms with Crippen molar-refractivity contribution in [2.75, 3.05) is 13.7 Å². The highest BCUT2D eigenvalue weighted by molar-refractivity contribution is 5.73. The summed E-state index contributed by atoms with van der Waals surface area (Å²) in [6, 6.07) is 4.21. The molecule has 1 aliphatic rings. The number of carbonyl (C=O) groups is 1. The van der Waals surface area contributed by atoms with E-state index in [2.05, 4.69) is 4.74 Å². The first-order valence-corrected chi connectivity index (χ1v) is 7.10. The maximum Gasteiger partial charge on any atom is 0.387 e. The zero-order valence-electron chi connectivity index (χ0n) is 12.3. The number of alkyl halides is 2. The second kappa shape index (κ2) is 7.40. The van der Waals surface area contributed by atoms with E-state index >= 15 is 0 Å². The van der Waals surface area contributed by atoms with Crippen LogP contribution in [0.4, 0.5) is 8.78 Å². The third kappa shape index (κ3) is 4.07. The Hall–Kier alpha value is -1.89. The second-order valence-electron chi connectivity index (χ2n) is 5.18. The number of aliphatic carboxylic acids is 1. The molecule has 1 N–H and O–H groups in total. The van der Waals surface area contributed by atoms with Gasteiger partial charge in [0, 0.05) is 6.54 Å². The normalized spacial score (nSPS) is 19.2. The molecular weight excluding hydrogens is 296 g/mol. The van der Waals surface area contributed by atoms with Crippen LogP contribution in [0, 0.1) is 0 Å². The topological polar surface area (TPSA) is 59.0 Å². The molecule has 1 saturated heterocycles. The Morgan fingerprint density at radius 2 is 2.18 bits per heavy atom. The first-order chi connectivity index (χ1) is 10.5. The number of rotatable bonds is 6. The van der Waals surface area contributed by atoms with Gasteiger partial charge in [0.05, 0.1) is 7.11 Å². The van der Waals surface area contributed by atoms with Crippen LogP contribution in [0.15, 0.2) is 18.2 Å². The number of carboxylic acids is 1. The molecule has 1 atom stereocenters. The van der Waals surface area contributed by atoms with Gasteiger partial charge in [-0.15, -0.1) is 0 Å². The molecule has 0 radical (unpaired) electrons. The number of benzene rings is 1. The molecule has 2 rings (SSSR count). The Balaban J connectivity index is 2.16. The summed E-state index contributed by atoms with van der Waals surface area (Å²) in [6.45, 7) is -1.89. The highest BCUT2D eigenvalue weighted by Gasteiger charge is 2.28. The molecule has 1 aromatic rings. The third-order valence-corrected chi connectivity index (χ3v) is 3.73. The molecule has 0 aliphatic carbocycles. The quantitative estimate of drug-likeness (QED) is 0.875. The molecule has 1 aromatic carbocycles.